The molecule has 0 aliphatic carbocycles. The largest absolute Gasteiger partial charge is 0.391 e. The first kappa shape index (κ1) is 21.9. The molecule has 30 heavy (non-hydrogen) atoms. The Balaban J connectivity index is 1.91. The van der Waals surface area contributed by atoms with Crippen molar-refractivity contribution in [1.82, 2.24) is 25.2 Å². The summed E-state index contributed by atoms with van der Waals surface area (Å²) in [7, 11) is 1.51. The zero-order valence-corrected chi connectivity index (χ0v) is 17.7. The number of aliphatic hydroxyl groups excluding tert-OH is 2. The van der Waals surface area contributed by atoms with Crippen molar-refractivity contribution in [1.29, 1.82) is 0 Å². The van der Waals surface area contributed by atoms with E-state index in [9.17, 15) is 19.8 Å². The monoisotopic (exact) mass is 415 g/mol. The summed E-state index contributed by atoms with van der Waals surface area (Å²) >= 11 is 0. The van der Waals surface area contributed by atoms with Gasteiger partial charge in [-0.3, -0.25) is 9.59 Å². The van der Waals surface area contributed by atoms with Gasteiger partial charge in [-0.15, -0.1) is 5.10 Å². The van der Waals surface area contributed by atoms with Gasteiger partial charge in [0.1, 0.15) is 23.9 Å². The average Bonchev–Trinajstić information content (AvgIpc) is 3.33. The van der Waals surface area contributed by atoms with Gasteiger partial charge in [0.05, 0.1) is 12.3 Å². The van der Waals surface area contributed by atoms with Gasteiger partial charge in [0.2, 0.25) is 11.8 Å². The number of carbonyl (C=O) groups is 2. The number of nitrogens with zero attached hydrogens (tertiary/aromatic N) is 4. The predicted octanol–water partition coefficient (Wildman–Crippen LogP) is 0.655. The number of hydrogen-bond donors (Lipinski definition) is 3. The smallest absolute Gasteiger partial charge is 0.248 e. The highest BCUT2D eigenvalue weighted by molar-refractivity contribution is 5.90. The summed E-state index contributed by atoms with van der Waals surface area (Å²) in [6.07, 6.45) is 0.0239. The van der Waals surface area contributed by atoms with Crippen molar-refractivity contribution in [2.75, 3.05) is 13.6 Å². The van der Waals surface area contributed by atoms with E-state index in [-0.39, 0.29) is 24.8 Å². The Labute approximate surface area is 175 Å². The maximum atomic E-state index is 13.5. The van der Waals surface area contributed by atoms with Crippen LogP contribution >= 0.6 is 0 Å². The summed E-state index contributed by atoms with van der Waals surface area (Å²) in [5, 5.41) is 31.5. The topological polar surface area (TPSA) is 121 Å². The molecule has 1 aliphatic rings. The SMILES string of the molecule is CNC(=O)[C@H]1C[C@H](O)CN1C(=O)[C@@H](n1cc(C(O)c2ccccc2)nn1)C(C)(C)C. The summed E-state index contributed by atoms with van der Waals surface area (Å²) in [4.78, 5) is 27.2. The second-order valence-electron chi connectivity index (χ2n) is 8.72. The Bertz CT molecular complexity index is 892. The fourth-order valence-electron chi connectivity index (χ4n) is 3.86. The van der Waals surface area contributed by atoms with E-state index >= 15 is 0 Å². The third-order valence-electron chi connectivity index (χ3n) is 5.35. The summed E-state index contributed by atoms with van der Waals surface area (Å²) < 4.78 is 1.44. The Hall–Kier alpha value is -2.78. The fraction of sp³-hybridized carbons (Fsp3) is 0.524. The molecule has 9 heteroatoms. The van der Waals surface area contributed by atoms with E-state index < -0.39 is 29.7 Å². The van der Waals surface area contributed by atoms with Gasteiger partial charge >= 0.3 is 0 Å². The van der Waals surface area contributed by atoms with E-state index in [0.29, 0.717) is 11.3 Å². The Morgan fingerprint density at radius 2 is 1.90 bits per heavy atom. The highest BCUT2D eigenvalue weighted by Gasteiger charge is 2.45. The average molecular weight is 415 g/mol. The highest BCUT2D eigenvalue weighted by Crippen LogP contribution is 2.34. The number of carbonyl (C=O) groups excluding carboxylic acids is 2. The van der Waals surface area contributed by atoms with Crippen LogP contribution in [0.3, 0.4) is 0 Å². The standard InChI is InChI=1S/C21H29N5O4/c1-21(2,3)18(20(30)25-11-14(27)10-16(25)19(29)22-4)26-12-15(23-24-26)17(28)13-8-6-5-7-9-13/h5-9,12,14,16-18,27-28H,10-11H2,1-4H3,(H,22,29)/t14-,16+,17?,18+/m0/s1. The van der Waals surface area contributed by atoms with E-state index in [1.807, 2.05) is 39.0 Å². The fourth-order valence-corrected chi connectivity index (χ4v) is 3.86. The van der Waals surface area contributed by atoms with Crippen molar-refractivity contribution < 1.29 is 19.8 Å². The Morgan fingerprint density at radius 1 is 1.23 bits per heavy atom. The second-order valence-corrected chi connectivity index (χ2v) is 8.72. The zero-order valence-electron chi connectivity index (χ0n) is 17.7. The van der Waals surface area contributed by atoms with Crippen LogP contribution in [-0.2, 0) is 9.59 Å². The molecule has 2 heterocycles. The Morgan fingerprint density at radius 3 is 2.50 bits per heavy atom. The van der Waals surface area contributed by atoms with Crippen LogP contribution in [0, 0.1) is 5.41 Å². The van der Waals surface area contributed by atoms with E-state index in [1.165, 1.54) is 16.6 Å². The van der Waals surface area contributed by atoms with Crippen LogP contribution in [0.1, 0.15) is 50.6 Å². The van der Waals surface area contributed by atoms with E-state index in [4.69, 9.17) is 0 Å². The molecule has 4 atom stereocenters. The van der Waals surface area contributed by atoms with Gasteiger partial charge in [-0.25, -0.2) is 4.68 Å². The maximum absolute atomic E-state index is 13.5. The van der Waals surface area contributed by atoms with Crippen molar-refractivity contribution in [2.45, 2.75) is 51.5 Å². The number of hydrogen-bond acceptors (Lipinski definition) is 6. The van der Waals surface area contributed by atoms with Crippen LogP contribution in [0.4, 0.5) is 0 Å². The minimum absolute atomic E-state index is 0.0810. The number of aliphatic hydroxyl groups is 2. The molecule has 3 N–H and O–H groups in total. The van der Waals surface area contributed by atoms with Crippen LogP contribution in [-0.4, -0.2) is 67.7 Å². The molecule has 1 fully saturated rings. The predicted molar refractivity (Wildman–Crippen MR) is 109 cm³/mol. The van der Waals surface area contributed by atoms with Gasteiger partial charge in [0, 0.05) is 20.0 Å². The molecular formula is C21H29N5O4. The minimum atomic E-state index is -0.970. The molecule has 1 saturated heterocycles. The molecular weight excluding hydrogens is 386 g/mol. The van der Waals surface area contributed by atoms with Crippen LogP contribution in [0.25, 0.3) is 0 Å². The van der Waals surface area contributed by atoms with E-state index in [1.54, 1.807) is 18.3 Å². The Kier molecular flexibility index (Phi) is 6.23. The minimum Gasteiger partial charge on any atom is -0.391 e. The summed E-state index contributed by atoms with van der Waals surface area (Å²) in [5.74, 6) is -0.635. The van der Waals surface area contributed by atoms with Gasteiger partial charge < -0.3 is 20.4 Å². The number of likely N-dealkylation sites (N-methyl/N-ethyl adjacent to an activating group) is 1. The highest BCUT2D eigenvalue weighted by atomic mass is 16.3. The molecule has 0 saturated carbocycles. The van der Waals surface area contributed by atoms with Gasteiger partial charge in [-0.2, -0.15) is 0 Å². The van der Waals surface area contributed by atoms with Crippen molar-refractivity contribution in [3.8, 4) is 0 Å². The number of nitrogens with one attached hydrogen (secondary N) is 1. The molecule has 1 aromatic carbocycles. The molecule has 0 spiro atoms. The van der Waals surface area contributed by atoms with Crippen molar-refractivity contribution in [3.05, 3.63) is 47.8 Å². The lowest BCUT2D eigenvalue weighted by atomic mass is 9.85. The summed E-state index contributed by atoms with van der Waals surface area (Å²) in [5.41, 5.74) is 0.443. The first-order chi connectivity index (χ1) is 14.1. The molecule has 0 bridgehead atoms. The quantitative estimate of drug-likeness (QED) is 0.660. The molecule has 1 aromatic heterocycles. The molecule has 3 rings (SSSR count). The summed E-state index contributed by atoms with van der Waals surface area (Å²) in [6, 6.07) is 7.57. The van der Waals surface area contributed by atoms with Crippen LogP contribution in [0.5, 0.6) is 0 Å². The summed E-state index contributed by atoms with van der Waals surface area (Å²) in [6.45, 7) is 5.77. The van der Waals surface area contributed by atoms with Crippen molar-refractivity contribution in [2.24, 2.45) is 5.41 Å². The van der Waals surface area contributed by atoms with Crippen LogP contribution < -0.4 is 5.32 Å². The lowest BCUT2D eigenvalue weighted by Crippen LogP contribution is -2.49. The lowest BCUT2D eigenvalue weighted by Gasteiger charge is -2.34. The van der Waals surface area contributed by atoms with Crippen molar-refractivity contribution >= 4 is 11.8 Å². The molecule has 1 aliphatic heterocycles. The lowest BCUT2D eigenvalue weighted by molar-refractivity contribution is -0.144. The van der Waals surface area contributed by atoms with E-state index in [0.717, 1.165) is 0 Å². The molecule has 2 amide bonds. The third kappa shape index (κ3) is 4.36. The second kappa shape index (κ2) is 8.53. The third-order valence-corrected chi connectivity index (χ3v) is 5.35. The molecule has 0 radical (unpaired) electrons. The molecule has 9 nitrogen and oxygen atoms in total. The number of rotatable bonds is 5. The maximum Gasteiger partial charge on any atom is 0.248 e. The number of β-amino-alcohol motifs (C(OH)–C–C–N with tert-alkyl or cyclic N) is 1. The first-order valence-electron chi connectivity index (χ1n) is 9.98. The van der Waals surface area contributed by atoms with Crippen molar-refractivity contribution in [3.63, 3.8) is 0 Å². The zero-order chi connectivity index (χ0) is 22.1. The van der Waals surface area contributed by atoms with Gasteiger partial charge in [0.15, 0.2) is 0 Å². The van der Waals surface area contributed by atoms with Gasteiger partial charge in [-0.05, 0) is 11.0 Å². The number of aromatic nitrogens is 3. The van der Waals surface area contributed by atoms with E-state index in [2.05, 4.69) is 15.6 Å². The number of benzene rings is 1. The first-order valence-corrected chi connectivity index (χ1v) is 9.98. The normalized spacial score (nSPS) is 21.3. The molecule has 1 unspecified atom stereocenters. The number of likely N-dealkylation sites (tertiary alicyclic amines) is 1. The van der Waals surface area contributed by atoms with Crippen LogP contribution in [0.15, 0.2) is 36.5 Å². The van der Waals surface area contributed by atoms with Gasteiger partial charge in [0.25, 0.3) is 0 Å². The van der Waals surface area contributed by atoms with Crippen LogP contribution in [0.2, 0.25) is 0 Å². The molecule has 162 valence electrons. The number of amides is 2. The van der Waals surface area contributed by atoms with Gasteiger partial charge in [-0.1, -0.05) is 56.3 Å². The molecule has 2 aromatic rings.